The lowest BCUT2D eigenvalue weighted by Crippen LogP contribution is -2.36. The van der Waals surface area contributed by atoms with E-state index in [2.05, 4.69) is 20.8 Å². The smallest absolute Gasteiger partial charge is 0.157 e. The Labute approximate surface area is 68.9 Å². The fourth-order valence-corrected chi connectivity index (χ4v) is 1.19. The van der Waals surface area contributed by atoms with E-state index in [1.165, 1.54) is 0 Å². The summed E-state index contributed by atoms with van der Waals surface area (Å²) < 4.78 is 11.1. The molecule has 0 aromatic rings. The van der Waals surface area contributed by atoms with Gasteiger partial charge in [0, 0.05) is 5.92 Å². The zero-order valence-corrected chi connectivity index (χ0v) is 7.67. The maximum absolute atomic E-state index is 5.62. The lowest BCUT2D eigenvalue weighted by atomic mass is 10.1. The molecule has 0 N–H and O–H groups in total. The van der Waals surface area contributed by atoms with Gasteiger partial charge in [-0.3, -0.25) is 0 Å². The molecule has 3 atom stereocenters. The number of hydrogen-bond donors (Lipinski definition) is 0. The van der Waals surface area contributed by atoms with Gasteiger partial charge in [-0.1, -0.05) is 20.3 Å². The molecule has 1 aliphatic heterocycles. The van der Waals surface area contributed by atoms with Crippen LogP contribution in [0.4, 0.5) is 0 Å². The van der Waals surface area contributed by atoms with Gasteiger partial charge in [0.2, 0.25) is 0 Å². The van der Waals surface area contributed by atoms with Crippen LogP contribution in [0.15, 0.2) is 0 Å². The van der Waals surface area contributed by atoms with Crippen LogP contribution in [-0.2, 0) is 9.47 Å². The lowest BCUT2D eigenvalue weighted by molar-refractivity contribution is -0.230. The molecule has 0 amide bonds. The average Bonchev–Trinajstić information content (AvgIpc) is 1.98. The van der Waals surface area contributed by atoms with E-state index in [1.807, 2.05) is 0 Å². The molecular weight excluding hydrogens is 140 g/mol. The van der Waals surface area contributed by atoms with Crippen LogP contribution in [0.25, 0.3) is 0 Å². The van der Waals surface area contributed by atoms with Crippen molar-refractivity contribution in [2.75, 3.05) is 6.61 Å². The predicted octanol–water partition coefficient (Wildman–Crippen LogP) is 2.18. The van der Waals surface area contributed by atoms with Crippen molar-refractivity contribution in [2.45, 2.75) is 46.0 Å². The molecule has 0 spiro atoms. The van der Waals surface area contributed by atoms with Crippen LogP contribution in [0.1, 0.15) is 33.6 Å². The Morgan fingerprint density at radius 1 is 1.36 bits per heavy atom. The molecule has 11 heavy (non-hydrogen) atoms. The summed E-state index contributed by atoms with van der Waals surface area (Å²) in [5.41, 5.74) is 0. The van der Waals surface area contributed by atoms with Crippen LogP contribution in [0, 0.1) is 5.92 Å². The fourth-order valence-electron chi connectivity index (χ4n) is 1.19. The van der Waals surface area contributed by atoms with Gasteiger partial charge in [-0.25, -0.2) is 0 Å². The topological polar surface area (TPSA) is 18.5 Å². The van der Waals surface area contributed by atoms with Crippen molar-refractivity contribution in [3.63, 3.8) is 0 Å². The van der Waals surface area contributed by atoms with Gasteiger partial charge < -0.3 is 9.47 Å². The summed E-state index contributed by atoms with van der Waals surface area (Å²) in [6.45, 7) is 7.28. The summed E-state index contributed by atoms with van der Waals surface area (Å²) in [7, 11) is 0. The quantitative estimate of drug-likeness (QED) is 0.613. The van der Waals surface area contributed by atoms with Crippen LogP contribution in [-0.4, -0.2) is 19.0 Å². The maximum Gasteiger partial charge on any atom is 0.157 e. The van der Waals surface area contributed by atoms with E-state index in [-0.39, 0.29) is 6.29 Å². The molecule has 1 fully saturated rings. The predicted molar refractivity (Wildman–Crippen MR) is 44.4 cm³/mol. The second-order valence-corrected chi connectivity index (χ2v) is 3.37. The van der Waals surface area contributed by atoms with Gasteiger partial charge in [-0.05, 0) is 13.3 Å². The Morgan fingerprint density at radius 3 is 2.64 bits per heavy atom. The summed E-state index contributed by atoms with van der Waals surface area (Å²) in [4.78, 5) is 0. The molecule has 66 valence electrons. The molecule has 0 aliphatic carbocycles. The number of hydrogen-bond acceptors (Lipinski definition) is 2. The van der Waals surface area contributed by atoms with Crippen LogP contribution in [0.2, 0.25) is 0 Å². The first kappa shape index (κ1) is 9.01. The summed E-state index contributed by atoms with van der Waals surface area (Å²) in [5, 5.41) is 0. The van der Waals surface area contributed by atoms with E-state index >= 15 is 0 Å². The van der Waals surface area contributed by atoms with Crippen molar-refractivity contribution in [3.05, 3.63) is 0 Å². The second kappa shape index (κ2) is 4.07. The van der Waals surface area contributed by atoms with Crippen LogP contribution in [0.3, 0.4) is 0 Å². The standard InChI is InChI=1S/C9H18O2/c1-4-5-9-10-6-7(2)8(3)11-9/h7-9H,4-6H2,1-3H3/t7-,8+,9-/m1/s1. The third-order valence-electron chi connectivity index (χ3n) is 2.24. The highest BCUT2D eigenvalue weighted by atomic mass is 16.7. The Hall–Kier alpha value is -0.0800. The molecule has 1 saturated heterocycles. The number of ether oxygens (including phenoxy) is 2. The Morgan fingerprint density at radius 2 is 2.09 bits per heavy atom. The second-order valence-electron chi connectivity index (χ2n) is 3.37. The highest BCUT2D eigenvalue weighted by molar-refractivity contribution is 4.66. The Bertz CT molecular complexity index is 114. The van der Waals surface area contributed by atoms with E-state index in [9.17, 15) is 0 Å². The van der Waals surface area contributed by atoms with Gasteiger partial charge in [0.1, 0.15) is 0 Å². The lowest BCUT2D eigenvalue weighted by Gasteiger charge is -2.32. The minimum Gasteiger partial charge on any atom is -0.352 e. The molecule has 0 radical (unpaired) electrons. The largest absolute Gasteiger partial charge is 0.352 e. The maximum atomic E-state index is 5.62. The molecule has 1 heterocycles. The molecule has 0 aromatic heterocycles. The van der Waals surface area contributed by atoms with Gasteiger partial charge in [-0.15, -0.1) is 0 Å². The first-order valence-electron chi connectivity index (χ1n) is 4.51. The van der Waals surface area contributed by atoms with Crippen molar-refractivity contribution in [2.24, 2.45) is 5.92 Å². The third kappa shape index (κ3) is 2.46. The molecule has 2 nitrogen and oxygen atoms in total. The molecule has 0 saturated carbocycles. The molecule has 1 aliphatic rings. The summed E-state index contributed by atoms with van der Waals surface area (Å²) in [5.74, 6) is 0.545. The van der Waals surface area contributed by atoms with Gasteiger partial charge in [0.15, 0.2) is 6.29 Å². The van der Waals surface area contributed by atoms with Crippen molar-refractivity contribution in [1.82, 2.24) is 0 Å². The van der Waals surface area contributed by atoms with Crippen LogP contribution in [0.5, 0.6) is 0 Å². The van der Waals surface area contributed by atoms with Crippen LogP contribution < -0.4 is 0 Å². The zero-order valence-electron chi connectivity index (χ0n) is 7.67. The van der Waals surface area contributed by atoms with Gasteiger partial charge in [0.05, 0.1) is 12.7 Å². The molecule has 2 heteroatoms. The van der Waals surface area contributed by atoms with Crippen molar-refractivity contribution >= 4 is 0 Å². The first-order valence-corrected chi connectivity index (χ1v) is 4.51. The van der Waals surface area contributed by atoms with Crippen molar-refractivity contribution < 1.29 is 9.47 Å². The van der Waals surface area contributed by atoms with Gasteiger partial charge in [-0.2, -0.15) is 0 Å². The van der Waals surface area contributed by atoms with Crippen molar-refractivity contribution in [3.8, 4) is 0 Å². The minimum absolute atomic E-state index is 0.0613. The molecule has 0 aromatic carbocycles. The molecule has 1 rings (SSSR count). The minimum atomic E-state index is 0.0613. The van der Waals surface area contributed by atoms with Crippen LogP contribution >= 0.6 is 0 Å². The summed E-state index contributed by atoms with van der Waals surface area (Å²) in [6, 6.07) is 0. The van der Waals surface area contributed by atoms with E-state index in [1.54, 1.807) is 0 Å². The van der Waals surface area contributed by atoms with E-state index in [0.29, 0.717) is 12.0 Å². The normalized spacial score (nSPS) is 39.0. The fraction of sp³-hybridized carbons (Fsp3) is 1.00. The Kier molecular flexibility index (Phi) is 3.34. The number of rotatable bonds is 2. The monoisotopic (exact) mass is 158 g/mol. The highest BCUT2D eigenvalue weighted by Crippen LogP contribution is 2.20. The summed E-state index contributed by atoms with van der Waals surface area (Å²) in [6.07, 6.45) is 2.58. The SMILES string of the molecule is CCC[C@@H]1OC[C@@H](C)[C@H](C)O1. The summed E-state index contributed by atoms with van der Waals surface area (Å²) >= 11 is 0. The van der Waals surface area contributed by atoms with Gasteiger partial charge >= 0.3 is 0 Å². The van der Waals surface area contributed by atoms with Crippen molar-refractivity contribution in [1.29, 1.82) is 0 Å². The average molecular weight is 158 g/mol. The first-order chi connectivity index (χ1) is 5.24. The zero-order chi connectivity index (χ0) is 8.27. The highest BCUT2D eigenvalue weighted by Gasteiger charge is 2.24. The molecule has 0 unspecified atom stereocenters. The van der Waals surface area contributed by atoms with Gasteiger partial charge in [0.25, 0.3) is 0 Å². The van der Waals surface area contributed by atoms with E-state index < -0.39 is 0 Å². The Balaban J connectivity index is 2.28. The molecular formula is C9H18O2. The van der Waals surface area contributed by atoms with E-state index in [0.717, 1.165) is 19.4 Å². The third-order valence-corrected chi connectivity index (χ3v) is 2.24. The van der Waals surface area contributed by atoms with E-state index in [4.69, 9.17) is 9.47 Å². The molecule has 0 bridgehead atoms.